The molecule has 1 aliphatic rings. The summed E-state index contributed by atoms with van der Waals surface area (Å²) in [6.07, 6.45) is 4.30. The van der Waals surface area contributed by atoms with Crippen LogP contribution in [0.25, 0.3) is 0 Å². The Kier molecular flexibility index (Phi) is 6.12. The Morgan fingerprint density at radius 3 is 2.61 bits per heavy atom. The van der Waals surface area contributed by atoms with Crippen molar-refractivity contribution >= 4 is 11.9 Å². The predicted molar refractivity (Wildman–Crippen MR) is 67.3 cm³/mol. The monoisotopic (exact) mass is 257 g/mol. The molecule has 18 heavy (non-hydrogen) atoms. The highest BCUT2D eigenvalue weighted by molar-refractivity contribution is 5.83. The first-order valence-corrected chi connectivity index (χ1v) is 6.68. The molecule has 0 spiro atoms. The van der Waals surface area contributed by atoms with Crippen LogP contribution in [0.5, 0.6) is 0 Å². The number of nitrogens with one attached hydrogen (secondary N) is 1. The molecular formula is C13H23NO4. The van der Waals surface area contributed by atoms with E-state index in [1.807, 2.05) is 6.92 Å². The third-order valence-corrected chi connectivity index (χ3v) is 3.57. The van der Waals surface area contributed by atoms with Gasteiger partial charge in [-0.05, 0) is 32.6 Å². The summed E-state index contributed by atoms with van der Waals surface area (Å²) < 4.78 is 5.31. The van der Waals surface area contributed by atoms with Crippen LogP contribution in [0.2, 0.25) is 0 Å². The molecule has 5 heteroatoms. The van der Waals surface area contributed by atoms with E-state index in [0.29, 0.717) is 26.2 Å². The molecule has 104 valence electrons. The third kappa shape index (κ3) is 4.29. The van der Waals surface area contributed by atoms with E-state index in [-0.39, 0.29) is 17.7 Å². The minimum atomic E-state index is -0.820. The first-order chi connectivity index (χ1) is 8.60. The number of amides is 1. The Morgan fingerprint density at radius 1 is 1.39 bits per heavy atom. The molecule has 0 saturated heterocycles. The van der Waals surface area contributed by atoms with Crippen LogP contribution in [0, 0.1) is 5.41 Å². The van der Waals surface area contributed by atoms with E-state index in [1.165, 1.54) is 0 Å². The SMILES string of the molecule is CCOCCC1(C(=O)NCCCC(=O)O)CCC1. The number of aliphatic carboxylic acids is 1. The van der Waals surface area contributed by atoms with Gasteiger partial charge in [0, 0.05) is 26.2 Å². The third-order valence-electron chi connectivity index (χ3n) is 3.57. The molecule has 0 unspecified atom stereocenters. The van der Waals surface area contributed by atoms with Crippen LogP contribution in [-0.2, 0) is 14.3 Å². The first-order valence-electron chi connectivity index (χ1n) is 6.68. The van der Waals surface area contributed by atoms with Crippen LogP contribution in [0.4, 0.5) is 0 Å². The molecule has 1 amide bonds. The number of ether oxygens (including phenoxy) is 1. The Labute approximate surface area is 108 Å². The average molecular weight is 257 g/mol. The van der Waals surface area contributed by atoms with Crippen molar-refractivity contribution in [3.05, 3.63) is 0 Å². The summed E-state index contributed by atoms with van der Waals surface area (Å²) in [5.41, 5.74) is -0.252. The van der Waals surface area contributed by atoms with Gasteiger partial charge in [-0.3, -0.25) is 9.59 Å². The molecule has 1 rings (SSSR count). The number of carboxylic acids is 1. The second-order valence-electron chi connectivity index (χ2n) is 4.83. The van der Waals surface area contributed by atoms with Crippen molar-refractivity contribution in [2.24, 2.45) is 5.41 Å². The Hall–Kier alpha value is -1.10. The normalized spacial score (nSPS) is 16.9. The lowest BCUT2D eigenvalue weighted by Crippen LogP contribution is -2.46. The number of hydrogen-bond acceptors (Lipinski definition) is 3. The number of rotatable bonds is 9. The van der Waals surface area contributed by atoms with Gasteiger partial charge < -0.3 is 15.2 Å². The Bertz CT molecular complexity index is 287. The van der Waals surface area contributed by atoms with Gasteiger partial charge in [-0.25, -0.2) is 0 Å². The number of carboxylic acid groups (broad SMARTS) is 1. The summed E-state index contributed by atoms with van der Waals surface area (Å²) in [4.78, 5) is 22.4. The van der Waals surface area contributed by atoms with Crippen LogP contribution < -0.4 is 5.32 Å². The fraction of sp³-hybridized carbons (Fsp3) is 0.846. The Balaban J connectivity index is 2.26. The fourth-order valence-electron chi connectivity index (χ4n) is 2.24. The maximum Gasteiger partial charge on any atom is 0.303 e. The molecule has 2 N–H and O–H groups in total. The van der Waals surface area contributed by atoms with E-state index in [1.54, 1.807) is 0 Å². The van der Waals surface area contributed by atoms with E-state index in [4.69, 9.17) is 9.84 Å². The summed E-state index contributed by atoms with van der Waals surface area (Å²) in [5.74, 6) is -0.752. The Morgan fingerprint density at radius 2 is 2.11 bits per heavy atom. The van der Waals surface area contributed by atoms with Gasteiger partial charge in [0.2, 0.25) is 5.91 Å². The van der Waals surface area contributed by atoms with Crippen LogP contribution in [0.15, 0.2) is 0 Å². The molecule has 0 aromatic rings. The summed E-state index contributed by atoms with van der Waals surface area (Å²) in [5, 5.41) is 11.4. The van der Waals surface area contributed by atoms with E-state index in [9.17, 15) is 9.59 Å². The van der Waals surface area contributed by atoms with Gasteiger partial charge in [0.05, 0.1) is 5.41 Å². The largest absolute Gasteiger partial charge is 0.481 e. The highest BCUT2D eigenvalue weighted by Crippen LogP contribution is 2.44. The standard InChI is InChI=1S/C13H23NO4/c1-2-18-10-8-13(6-4-7-13)12(17)14-9-3-5-11(15)16/h2-10H2,1H3,(H,14,17)(H,15,16). The fourth-order valence-corrected chi connectivity index (χ4v) is 2.24. The molecule has 0 aromatic carbocycles. The summed E-state index contributed by atoms with van der Waals surface area (Å²) in [6.45, 7) is 3.69. The van der Waals surface area contributed by atoms with Crippen molar-refractivity contribution in [2.75, 3.05) is 19.8 Å². The van der Waals surface area contributed by atoms with Crippen LogP contribution in [0.3, 0.4) is 0 Å². The maximum atomic E-state index is 12.1. The van der Waals surface area contributed by atoms with Crippen molar-refractivity contribution in [3.8, 4) is 0 Å². The summed E-state index contributed by atoms with van der Waals surface area (Å²) in [6, 6.07) is 0. The van der Waals surface area contributed by atoms with Gasteiger partial charge in [-0.2, -0.15) is 0 Å². The zero-order chi connectivity index (χ0) is 13.4. The van der Waals surface area contributed by atoms with Gasteiger partial charge in [-0.15, -0.1) is 0 Å². The maximum absolute atomic E-state index is 12.1. The molecule has 0 heterocycles. The molecule has 0 bridgehead atoms. The molecule has 5 nitrogen and oxygen atoms in total. The zero-order valence-electron chi connectivity index (χ0n) is 11.0. The smallest absolute Gasteiger partial charge is 0.303 e. The van der Waals surface area contributed by atoms with Gasteiger partial charge in [-0.1, -0.05) is 6.42 Å². The van der Waals surface area contributed by atoms with Crippen LogP contribution in [0.1, 0.15) is 45.4 Å². The van der Waals surface area contributed by atoms with Crippen molar-refractivity contribution < 1.29 is 19.4 Å². The quantitative estimate of drug-likeness (QED) is 0.615. The van der Waals surface area contributed by atoms with E-state index >= 15 is 0 Å². The number of carbonyl (C=O) groups excluding carboxylic acids is 1. The van der Waals surface area contributed by atoms with Gasteiger partial charge in [0.1, 0.15) is 0 Å². The average Bonchev–Trinajstić information content (AvgIpc) is 2.27. The van der Waals surface area contributed by atoms with Crippen LogP contribution >= 0.6 is 0 Å². The molecule has 0 aromatic heterocycles. The molecule has 0 atom stereocenters. The highest BCUT2D eigenvalue weighted by atomic mass is 16.5. The molecule has 1 fully saturated rings. The highest BCUT2D eigenvalue weighted by Gasteiger charge is 2.43. The second kappa shape index (κ2) is 7.36. The van der Waals surface area contributed by atoms with E-state index < -0.39 is 5.97 Å². The summed E-state index contributed by atoms with van der Waals surface area (Å²) >= 11 is 0. The molecule has 0 radical (unpaired) electrons. The van der Waals surface area contributed by atoms with Crippen molar-refractivity contribution in [2.45, 2.75) is 45.4 Å². The van der Waals surface area contributed by atoms with Crippen molar-refractivity contribution in [3.63, 3.8) is 0 Å². The van der Waals surface area contributed by atoms with Crippen LogP contribution in [-0.4, -0.2) is 36.7 Å². The van der Waals surface area contributed by atoms with E-state index in [2.05, 4.69) is 5.32 Å². The molecule has 0 aliphatic heterocycles. The van der Waals surface area contributed by atoms with Gasteiger partial charge in [0.25, 0.3) is 0 Å². The van der Waals surface area contributed by atoms with Gasteiger partial charge >= 0.3 is 5.97 Å². The van der Waals surface area contributed by atoms with E-state index in [0.717, 1.165) is 25.7 Å². The zero-order valence-corrected chi connectivity index (χ0v) is 11.0. The topological polar surface area (TPSA) is 75.6 Å². The molecule has 1 aliphatic carbocycles. The molecule has 1 saturated carbocycles. The van der Waals surface area contributed by atoms with Gasteiger partial charge in [0.15, 0.2) is 0 Å². The second-order valence-corrected chi connectivity index (χ2v) is 4.83. The predicted octanol–water partition coefficient (Wildman–Crippen LogP) is 1.56. The lowest BCUT2D eigenvalue weighted by Gasteiger charge is -2.40. The lowest BCUT2D eigenvalue weighted by molar-refractivity contribution is -0.139. The summed E-state index contributed by atoms with van der Waals surface area (Å²) in [7, 11) is 0. The number of carbonyl (C=O) groups is 2. The lowest BCUT2D eigenvalue weighted by atomic mass is 9.66. The van der Waals surface area contributed by atoms with Crippen molar-refractivity contribution in [1.29, 1.82) is 0 Å². The minimum Gasteiger partial charge on any atom is -0.481 e. The van der Waals surface area contributed by atoms with Crippen molar-refractivity contribution in [1.82, 2.24) is 5.32 Å². The minimum absolute atomic E-state index is 0.0684. The first kappa shape index (κ1) is 15.0. The number of hydrogen-bond donors (Lipinski definition) is 2. The molecular weight excluding hydrogens is 234 g/mol.